The van der Waals surface area contributed by atoms with Gasteiger partial charge in [-0.05, 0) is 48.9 Å². The van der Waals surface area contributed by atoms with Crippen LogP contribution in [0.5, 0.6) is 0 Å². The van der Waals surface area contributed by atoms with Crippen LogP contribution in [0.25, 0.3) is 0 Å². The maximum Gasteiger partial charge on any atom is 0.416 e. The van der Waals surface area contributed by atoms with Gasteiger partial charge in [0, 0.05) is 17.8 Å². The smallest absolute Gasteiger partial charge is 0.383 e. The van der Waals surface area contributed by atoms with Crippen molar-refractivity contribution in [3.05, 3.63) is 64.5 Å². The molecule has 0 aliphatic heterocycles. The molecule has 0 saturated heterocycles. The molecule has 0 radical (unpaired) electrons. The fraction of sp³-hybridized carbons (Fsp3) is 0.250. The van der Waals surface area contributed by atoms with Crippen molar-refractivity contribution in [2.24, 2.45) is 10.7 Å². The Morgan fingerprint density at radius 1 is 1.09 bits per heavy atom. The zero-order chi connectivity index (χ0) is 24.3. The number of nitrogens with one attached hydrogen (secondary N) is 1. The van der Waals surface area contributed by atoms with E-state index in [2.05, 4.69) is 4.99 Å². The Balaban J connectivity index is 2.68. The minimum Gasteiger partial charge on any atom is -0.383 e. The lowest BCUT2D eigenvalue weighted by molar-refractivity contribution is -0.143. The van der Waals surface area contributed by atoms with Gasteiger partial charge in [0.1, 0.15) is 18.0 Å². The number of alkyl halides is 6. The summed E-state index contributed by atoms with van der Waals surface area (Å²) < 4.78 is 93.9. The van der Waals surface area contributed by atoms with Gasteiger partial charge in [-0.15, -0.1) is 0 Å². The molecule has 32 heavy (non-hydrogen) atoms. The maximum absolute atomic E-state index is 13.7. The van der Waals surface area contributed by atoms with E-state index in [1.54, 1.807) is 0 Å². The summed E-state index contributed by atoms with van der Waals surface area (Å²) in [6.45, 7) is 1.51. The van der Waals surface area contributed by atoms with Crippen molar-refractivity contribution in [3.63, 3.8) is 0 Å². The van der Waals surface area contributed by atoms with Crippen molar-refractivity contribution in [1.29, 1.82) is 5.41 Å². The van der Waals surface area contributed by atoms with Crippen molar-refractivity contribution >= 4 is 23.8 Å². The highest BCUT2D eigenvalue weighted by Gasteiger charge is 2.40. The largest absolute Gasteiger partial charge is 0.416 e. The number of benzene rings is 2. The molecule has 0 aliphatic rings. The molecule has 0 saturated carbocycles. The van der Waals surface area contributed by atoms with E-state index in [0.717, 1.165) is 17.0 Å². The fourth-order valence-electron chi connectivity index (χ4n) is 3.02. The summed E-state index contributed by atoms with van der Waals surface area (Å²) in [7, 11) is 0. The Morgan fingerprint density at radius 3 is 2.16 bits per heavy atom. The summed E-state index contributed by atoms with van der Waals surface area (Å²) in [6, 6.07) is 4.82. The molecule has 172 valence electrons. The third-order valence-corrected chi connectivity index (χ3v) is 4.45. The van der Waals surface area contributed by atoms with E-state index in [1.807, 2.05) is 0 Å². The standard InChI is InChI=1S/C20H17F7N4O/c1-2-31(13-5-3-12(21)4-6-13)17(32)9-14-15(18(29)30-10-28)7-11(19(22,23)24)8-16(14)20(25,26)27/h3-8,10H,2,9H2,1H3,(H3,28,29,30). The van der Waals surface area contributed by atoms with Crippen LogP contribution < -0.4 is 10.6 Å². The number of amides is 1. The SMILES string of the molecule is CCN(C(=O)Cc1c(C(N)=NC=N)cc(C(F)(F)F)cc1C(F)(F)F)c1ccc(F)cc1. The number of amidine groups is 1. The molecule has 1 amide bonds. The molecule has 0 atom stereocenters. The van der Waals surface area contributed by atoms with E-state index >= 15 is 0 Å². The van der Waals surface area contributed by atoms with Crippen molar-refractivity contribution < 1.29 is 35.5 Å². The summed E-state index contributed by atoms with van der Waals surface area (Å²) in [6.07, 6.45) is -11.0. The van der Waals surface area contributed by atoms with E-state index in [-0.39, 0.29) is 18.3 Å². The number of nitrogens with two attached hydrogens (primary N) is 1. The number of hydrogen-bond acceptors (Lipinski definition) is 2. The number of carbonyl (C=O) groups is 1. The quantitative estimate of drug-likeness (QED) is 0.368. The summed E-state index contributed by atoms with van der Waals surface area (Å²) in [5.74, 6) is -2.28. The number of anilines is 1. The molecule has 0 unspecified atom stereocenters. The number of hydrogen-bond donors (Lipinski definition) is 2. The molecular formula is C20H17F7N4O. The number of nitrogens with zero attached hydrogens (tertiary/aromatic N) is 2. The van der Waals surface area contributed by atoms with Gasteiger partial charge in [0.05, 0.1) is 17.5 Å². The van der Waals surface area contributed by atoms with Gasteiger partial charge in [-0.1, -0.05) is 0 Å². The molecular weight excluding hydrogens is 445 g/mol. The van der Waals surface area contributed by atoms with Gasteiger partial charge in [-0.2, -0.15) is 26.3 Å². The van der Waals surface area contributed by atoms with E-state index in [1.165, 1.54) is 19.1 Å². The number of likely N-dealkylation sites (N-methyl/N-ethyl adjacent to an activating group) is 1. The lowest BCUT2D eigenvalue weighted by atomic mass is 9.93. The van der Waals surface area contributed by atoms with Gasteiger partial charge in [0.2, 0.25) is 5.91 Å². The molecule has 2 aromatic rings. The van der Waals surface area contributed by atoms with Crippen LogP contribution in [0.15, 0.2) is 41.4 Å². The molecule has 5 nitrogen and oxygen atoms in total. The monoisotopic (exact) mass is 462 g/mol. The number of aliphatic imine (C=N–C) groups is 1. The highest BCUT2D eigenvalue weighted by molar-refractivity contribution is 6.04. The molecule has 3 N–H and O–H groups in total. The first-order chi connectivity index (χ1) is 14.8. The lowest BCUT2D eigenvalue weighted by Crippen LogP contribution is -2.33. The van der Waals surface area contributed by atoms with Crippen molar-refractivity contribution in [2.45, 2.75) is 25.7 Å². The second-order valence-corrected chi connectivity index (χ2v) is 6.48. The first kappa shape index (κ1) is 24.8. The summed E-state index contributed by atoms with van der Waals surface area (Å²) in [4.78, 5) is 17.2. The maximum atomic E-state index is 13.7. The molecule has 0 heterocycles. The van der Waals surface area contributed by atoms with Crippen LogP contribution in [-0.2, 0) is 23.6 Å². The highest BCUT2D eigenvalue weighted by Crippen LogP contribution is 2.39. The highest BCUT2D eigenvalue weighted by atomic mass is 19.4. The average molecular weight is 462 g/mol. The Hall–Kier alpha value is -3.44. The minimum absolute atomic E-state index is 0.00808. The van der Waals surface area contributed by atoms with Crippen LogP contribution in [0.4, 0.5) is 36.4 Å². The molecule has 0 fully saturated rings. The number of rotatable bonds is 6. The Morgan fingerprint density at radius 2 is 1.69 bits per heavy atom. The van der Waals surface area contributed by atoms with E-state index in [9.17, 15) is 35.5 Å². The van der Waals surface area contributed by atoms with Crippen molar-refractivity contribution in [1.82, 2.24) is 0 Å². The topological polar surface area (TPSA) is 82.5 Å². The van der Waals surface area contributed by atoms with E-state index in [4.69, 9.17) is 11.1 Å². The third-order valence-electron chi connectivity index (χ3n) is 4.45. The Bertz CT molecular complexity index is 1030. The van der Waals surface area contributed by atoms with Crippen LogP contribution in [0.2, 0.25) is 0 Å². The van der Waals surface area contributed by atoms with E-state index in [0.29, 0.717) is 12.4 Å². The van der Waals surface area contributed by atoms with Gasteiger partial charge in [0.15, 0.2) is 0 Å². The van der Waals surface area contributed by atoms with Crippen LogP contribution in [-0.4, -0.2) is 24.6 Å². The molecule has 0 spiro atoms. The number of carbonyl (C=O) groups excluding carboxylic acids is 1. The number of halogens is 7. The minimum atomic E-state index is -5.25. The average Bonchev–Trinajstić information content (AvgIpc) is 2.68. The first-order valence-electron chi connectivity index (χ1n) is 8.99. The Kier molecular flexibility index (Phi) is 7.27. The van der Waals surface area contributed by atoms with Crippen LogP contribution in [0.1, 0.15) is 29.2 Å². The van der Waals surface area contributed by atoms with Gasteiger partial charge >= 0.3 is 12.4 Å². The first-order valence-corrected chi connectivity index (χ1v) is 8.99. The van der Waals surface area contributed by atoms with Crippen LogP contribution >= 0.6 is 0 Å². The predicted molar refractivity (Wildman–Crippen MR) is 104 cm³/mol. The summed E-state index contributed by atoms with van der Waals surface area (Å²) in [5.41, 5.74) is 0.804. The zero-order valence-corrected chi connectivity index (χ0v) is 16.5. The van der Waals surface area contributed by atoms with Gasteiger partial charge in [-0.3, -0.25) is 10.2 Å². The van der Waals surface area contributed by atoms with Crippen molar-refractivity contribution in [2.75, 3.05) is 11.4 Å². The van der Waals surface area contributed by atoms with Crippen LogP contribution in [0, 0.1) is 11.2 Å². The summed E-state index contributed by atoms with van der Waals surface area (Å²) in [5, 5.41) is 6.93. The second-order valence-electron chi connectivity index (χ2n) is 6.48. The van der Waals surface area contributed by atoms with Gasteiger partial charge in [-0.25, -0.2) is 9.38 Å². The third kappa shape index (κ3) is 5.62. The zero-order valence-electron chi connectivity index (χ0n) is 16.5. The molecule has 0 aliphatic carbocycles. The second kappa shape index (κ2) is 9.37. The lowest BCUT2D eigenvalue weighted by Gasteiger charge is -2.24. The molecule has 0 aromatic heterocycles. The summed E-state index contributed by atoms with van der Waals surface area (Å²) >= 11 is 0. The molecule has 0 bridgehead atoms. The molecule has 2 rings (SSSR count). The molecule has 12 heteroatoms. The van der Waals surface area contributed by atoms with Gasteiger partial charge in [0.25, 0.3) is 0 Å². The fourth-order valence-corrected chi connectivity index (χ4v) is 3.02. The van der Waals surface area contributed by atoms with E-state index < -0.39 is 58.6 Å². The van der Waals surface area contributed by atoms with Crippen LogP contribution in [0.3, 0.4) is 0 Å². The molecule has 2 aromatic carbocycles. The van der Waals surface area contributed by atoms with Crippen molar-refractivity contribution in [3.8, 4) is 0 Å². The Labute approximate surface area is 177 Å². The normalized spacial score (nSPS) is 12.6. The predicted octanol–water partition coefficient (Wildman–Crippen LogP) is 4.77. The van der Waals surface area contributed by atoms with Gasteiger partial charge < -0.3 is 10.6 Å².